The van der Waals surface area contributed by atoms with Gasteiger partial charge in [0.2, 0.25) is 0 Å². The number of rotatable bonds is 2. The summed E-state index contributed by atoms with van der Waals surface area (Å²) in [6, 6.07) is 8.46. The summed E-state index contributed by atoms with van der Waals surface area (Å²) in [7, 11) is 0. The van der Waals surface area contributed by atoms with Gasteiger partial charge in [-0.2, -0.15) is 0 Å². The number of nitrogens with one attached hydrogen (secondary N) is 1. The molecule has 1 aromatic carbocycles. The van der Waals surface area contributed by atoms with Gasteiger partial charge in [0.1, 0.15) is 0 Å². The molecule has 1 saturated heterocycles. The van der Waals surface area contributed by atoms with Gasteiger partial charge in [0, 0.05) is 49.7 Å². The van der Waals surface area contributed by atoms with Crippen LogP contribution >= 0.6 is 11.6 Å². The van der Waals surface area contributed by atoms with Crippen LogP contribution in [0.15, 0.2) is 24.3 Å². The lowest BCUT2D eigenvalue weighted by Gasteiger charge is -2.29. The largest absolute Gasteiger partial charge is 0.369 e. The first kappa shape index (κ1) is 12.3. The number of hydrogen-bond donors (Lipinski definition) is 1. The first-order valence-electron chi connectivity index (χ1n) is 6.01. The molecule has 0 atom stereocenters. The molecular formula is C14H17ClN2. The van der Waals surface area contributed by atoms with E-state index >= 15 is 0 Å². The Morgan fingerprint density at radius 2 is 1.88 bits per heavy atom. The first-order valence-corrected chi connectivity index (χ1v) is 6.54. The normalized spacial score (nSPS) is 15.2. The van der Waals surface area contributed by atoms with Crippen molar-refractivity contribution in [1.82, 2.24) is 5.32 Å². The molecule has 90 valence electrons. The lowest BCUT2D eigenvalue weighted by molar-refractivity contribution is 0.589. The van der Waals surface area contributed by atoms with Crippen molar-refractivity contribution >= 4 is 17.3 Å². The molecule has 0 aromatic heterocycles. The number of hydrogen-bond acceptors (Lipinski definition) is 2. The fraction of sp³-hybridized carbons (Fsp3) is 0.429. The van der Waals surface area contributed by atoms with Crippen LogP contribution in [0.3, 0.4) is 0 Å². The molecule has 0 spiro atoms. The van der Waals surface area contributed by atoms with E-state index in [1.807, 2.05) is 0 Å². The zero-order valence-corrected chi connectivity index (χ0v) is 10.6. The summed E-state index contributed by atoms with van der Waals surface area (Å²) in [6.45, 7) is 4.29. The van der Waals surface area contributed by atoms with Crippen LogP contribution in [0.25, 0.3) is 0 Å². The third kappa shape index (κ3) is 3.66. The average Bonchev–Trinajstić information content (AvgIpc) is 2.41. The van der Waals surface area contributed by atoms with E-state index in [0.29, 0.717) is 5.88 Å². The standard InChI is InChI=1S/C14H17ClN2/c15-8-2-1-3-13-4-6-14(7-5-13)17-11-9-16-10-12-17/h4-7,16H,2,8-12H2. The minimum Gasteiger partial charge on any atom is -0.369 e. The van der Waals surface area contributed by atoms with E-state index in [1.54, 1.807) is 0 Å². The van der Waals surface area contributed by atoms with E-state index in [-0.39, 0.29) is 0 Å². The van der Waals surface area contributed by atoms with Gasteiger partial charge in [-0.15, -0.1) is 11.6 Å². The van der Waals surface area contributed by atoms with Crippen molar-refractivity contribution in [3.05, 3.63) is 29.8 Å². The molecule has 0 aliphatic carbocycles. The fourth-order valence-corrected chi connectivity index (χ4v) is 1.98. The van der Waals surface area contributed by atoms with Crippen molar-refractivity contribution in [3.63, 3.8) is 0 Å². The van der Waals surface area contributed by atoms with E-state index in [0.717, 1.165) is 38.2 Å². The van der Waals surface area contributed by atoms with Crippen LogP contribution in [0.2, 0.25) is 0 Å². The van der Waals surface area contributed by atoms with Crippen LogP contribution in [-0.4, -0.2) is 32.1 Å². The minimum atomic E-state index is 0.603. The molecule has 2 nitrogen and oxygen atoms in total. The highest BCUT2D eigenvalue weighted by atomic mass is 35.5. The molecule has 0 unspecified atom stereocenters. The van der Waals surface area contributed by atoms with Crippen LogP contribution in [0.5, 0.6) is 0 Å². The molecule has 1 aromatic rings. The van der Waals surface area contributed by atoms with Crippen LogP contribution in [0.4, 0.5) is 5.69 Å². The second kappa shape index (κ2) is 6.54. The molecule has 1 N–H and O–H groups in total. The average molecular weight is 249 g/mol. The Balaban J connectivity index is 2.00. The van der Waals surface area contributed by atoms with Crippen molar-refractivity contribution in [3.8, 4) is 11.8 Å². The fourth-order valence-electron chi connectivity index (χ4n) is 1.89. The minimum absolute atomic E-state index is 0.603. The number of piperazine rings is 1. The molecule has 1 aliphatic heterocycles. The number of anilines is 1. The van der Waals surface area contributed by atoms with Crippen molar-refractivity contribution in [2.24, 2.45) is 0 Å². The van der Waals surface area contributed by atoms with Gasteiger partial charge in [-0.05, 0) is 24.3 Å². The molecule has 3 heteroatoms. The smallest absolute Gasteiger partial charge is 0.0367 e. The van der Waals surface area contributed by atoms with Crippen LogP contribution in [-0.2, 0) is 0 Å². The summed E-state index contributed by atoms with van der Waals surface area (Å²) in [6.07, 6.45) is 0.751. The Kier molecular flexibility index (Phi) is 4.73. The topological polar surface area (TPSA) is 15.3 Å². The van der Waals surface area contributed by atoms with Gasteiger partial charge >= 0.3 is 0 Å². The monoisotopic (exact) mass is 248 g/mol. The maximum absolute atomic E-state index is 5.58. The lowest BCUT2D eigenvalue weighted by Crippen LogP contribution is -2.43. The Labute approximate surface area is 108 Å². The predicted octanol–water partition coefficient (Wildman–Crippen LogP) is 2.08. The highest BCUT2D eigenvalue weighted by Gasteiger charge is 2.09. The van der Waals surface area contributed by atoms with Crippen molar-refractivity contribution in [2.75, 3.05) is 37.0 Å². The lowest BCUT2D eigenvalue weighted by atomic mass is 10.2. The number of halogens is 1. The highest BCUT2D eigenvalue weighted by molar-refractivity contribution is 6.18. The third-order valence-corrected chi connectivity index (χ3v) is 2.99. The number of benzene rings is 1. The molecule has 17 heavy (non-hydrogen) atoms. The Hall–Kier alpha value is -1.17. The Bertz CT molecular complexity index is 396. The van der Waals surface area contributed by atoms with Crippen molar-refractivity contribution in [1.29, 1.82) is 0 Å². The van der Waals surface area contributed by atoms with E-state index < -0.39 is 0 Å². The Morgan fingerprint density at radius 1 is 1.18 bits per heavy atom. The third-order valence-electron chi connectivity index (χ3n) is 2.80. The summed E-state index contributed by atoms with van der Waals surface area (Å²) in [5.74, 6) is 6.76. The first-order chi connectivity index (χ1) is 8.40. The Morgan fingerprint density at radius 3 is 2.53 bits per heavy atom. The zero-order chi connectivity index (χ0) is 11.9. The van der Waals surface area contributed by atoms with E-state index in [4.69, 9.17) is 11.6 Å². The second-order valence-corrected chi connectivity index (χ2v) is 4.40. The maximum atomic E-state index is 5.58. The van der Waals surface area contributed by atoms with Crippen LogP contribution in [0, 0.1) is 11.8 Å². The molecular weight excluding hydrogens is 232 g/mol. The molecule has 1 fully saturated rings. The summed E-state index contributed by atoms with van der Waals surface area (Å²) >= 11 is 5.58. The van der Waals surface area contributed by atoms with Crippen molar-refractivity contribution in [2.45, 2.75) is 6.42 Å². The van der Waals surface area contributed by atoms with Gasteiger partial charge in [0.15, 0.2) is 0 Å². The van der Waals surface area contributed by atoms with Crippen LogP contribution in [0.1, 0.15) is 12.0 Å². The van der Waals surface area contributed by atoms with Gasteiger partial charge < -0.3 is 10.2 Å². The quantitative estimate of drug-likeness (QED) is 0.637. The van der Waals surface area contributed by atoms with E-state index in [2.05, 4.69) is 46.3 Å². The van der Waals surface area contributed by atoms with Gasteiger partial charge in [-0.1, -0.05) is 11.8 Å². The summed E-state index contributed by atoms with van der Waals surface area (Å²) in [5, 5.41) is 3.35. The predicted molar refractivity (Wildman–Crippen MR) is 73.7 cm³/mol. The second-order valence-electron chi connectivity index (χ2n) is 4.02. The zero-order valence-electron chi connectivity index (χ0n) is 9.88. The summed E-state index contributed by atoms with van der Waals surface area (Å²) < 4.78 is 0. The van der Waals surface area contributed by atoms with Crippen LogP contribution < -0.4 is 10.2 Å². The molecule has 0 saturated carbocycles. The maximum Gasteiger partial charge on any atom is 0.0367 e. The number of nitrogens with zero attached hydrogens (tertiary/aromatic N) is 1. The summed E-state index contributed by atoms with van der Waals surface area (Å²) in [4.78, 5) is 2.40. The van der Waals surface area contributed by atoms with Gasteiger partial charge in [0.25, 0.3) is 0 Å². The molecule has 1 aliphatic rings. The molecule has 0 bridgehead atoms. The summed E-state index contributed by atoms with van der Waals surface area (Å²) in [5.41, 5.74) is 2.35. The van der Waals surface area contributed by atoms with Gasteiger partial charge in [-0.25, -0.2) is 0 Å². The number of alkyl halides is 1. The molecule has 0 amide bonds. The van der Waals surface area contributed by atoms with E-state index in [1.165, 1.54) is 5.69 Å². The molecule has 0 radical (unpaired) electrons. The molecule has 2 rings (SSSR count). The van der Waals surface area contributed by atoms with Crippen molar-refractivity contribution < 1.29 is 0 Å². The SMILES string of the molecule is ClCCC#Cc1ccc(N2CCNCC2)cc1. The van der Waals surface area contributed by atoms with Gasteiger partial charge in [-0.3, -0.25) is 0 Å². The van der Waals surface area contributed by atoms with Gasteiger partial charge in [0.05, 0.1) is 0 Å². The molecule has 1 heterocycles. The van der Waals surface area contributed by atoms with E-state index in [9.17, 15) is 0 Å². The highest BCUT2D eigenvalue weighted by Crippen LogP contribution is 2.15.